The van der Waals surface area contributed by atoms with Crippen LogP contribution in [0, 0.1) is 11.3 Å². The van der Waals surface area contributed by atoms with Crippen LogP contribution in [0.5, 0.6) is 11.5 Å². The number of fused-ring (bicyclic) bond motifs is 1. The summed E-state index contributed by atoms with van der Waals surface area (Å²) < 4.78 is 11.7. The highest BCUT2D eigenvalue weighted by Crippen LogP contribution is 2.34. The quantitative estimate of drug-likeness (QED) is 0.383. The van der Waals surface area contributed by atoms with Crippen molar-refractivity contribution in [3.63, 3.8) is 0 Å². The van der Waals surface area contributed by atoms with Crippen LogP contribution in [-0.4, -0.2) is 25.0 Å². The van der Waals surface area contributed by atoms with Crippen LogP contribution in [0.15, 0.2) is 53.2 Å². The van der Waals surface area contributed by atoms with Gasteiger partial charge < -0.3 is 9.47 Å². The number of ether oxygens (including phenoxy) is 2. The van der Waals surface area contributed by atoms with Gasteiger partial charge in [0.15, 0.2) is 23.2 Å². The van der Waals surface area contributed by atoms with Crippen molar-refractivity contribution in [2.75, 3.05) is 14.2 Å². The maximum absolute atomic E-state index is 13.0. The summed E-state index contributed by atoms with van der Waals surface area (Å²) in [6.45, 7) is 0. The Kier molecular flexibility index (Phi) is 5.30. The van der Waals surface area contributed by atoms with Crippen LogP contribution in [0.3, 0.4) is 0 Å². The van der Waals surface area contributed by atoms with Gasteiger partial charge in [0.25, 0.3) is 0 Å². The number of hydrogen-bond donors (Lipinski definition) is 0. The Morgan fingerprint density at radius 1 is 1.07 bits per heavy atom. The fraction of sp³-hybridized carbons (Fsp3) is 0.136. The molecular formula is C22H16N2O3S2. The summed E-state index contributed by atoms with van der Waals surface area (Å²) in [5.74, 6) is 0.0379. The summed E-state index contributed by atoms with van der Waals surface area (Å²) in [5.41, 5.74) is 2.03. The number of hydrogen-bond acceptors (Lipinski definition) is 7. The number of rotatable bonds is 6. The van der Waals surface area contributed by atoms with Crippen LogP contribution in [0.25, 0.3) is 21.3 Å². The number of carbonyl (C=O) groups is 1. The molecule has 7 heteroatoms. The van der Waals surface area contributed by atoms with E-state index < -0.39 is 5.92 Å². The number of thiazole rings is 1. The number of methoxy groups -OCH3 is 2. The van der Waals surface area contributed by atoms with Gasteiger partial charge in [-0.25, -0.2) is 4.98 Å². The summed E-state index contributed by atoms with van der Waals surface area (Å²) in [6, 6.07) is 15.1. The van der Waals surface area contributed by atoms with Gasteiger partial charge in [-0.15, -0.1) is 22.7 Å². The minimum atomic E-state index is -0.940. The van der Waals surface area contributed by atoms with E-state index >= 15 is 0 Å². The number of nitrogens with zero attached hydrogens (tertiary/aromatic N) is 2. The van der Waals surface area contributed by atoms with E-state index in [1.54, 1.807) is 37.7 Å². The molecule has 1 atom stereocenters. The van der Waals surface area contributed by atoms with Gasteiger partial charge in [0.05, 0.1) is 26.0 Å². The Morgan fingerprint density at radius 2 is 1.90 bits per heavy atom. The predicted molar refractivity (Wildman–Crippen MR) is 115 cm³/mol. The molecule has 29 heavy (non-hydrogen) atoms. The SMILES string of the molecule is COc1ccc(-c2csc(C(C#N)C(=O)c3ccc4sccc4c3)n2)cc1OC. The molecule has 0 aliphatic heterocycles. The Hall–Kier alpha value is -3.21. The number of Topliss-reactive ketones (excluding diaryl/α,β-unsaturated/α-hetero) is 1. The van der Waals surface area contributed by atoms with E-state index in [0.717, 1.165) is 15.6 Å². The predicted octanol–water partition coefficient (Wildman–Crippen LogP) is 5.53. The lowest BCUT2D eigenvalue weighted by molar-refractivity contribution is 0.0979. The second-order valence-corrected chi connectivity index (χ2v) is 8.08. The van der Waals surface area contributed by atoms with E-state index in [9.17, 15) is 10.1 Å². The number of aromatic nitrogens is 1. The molecule has 2 aromatic carbocycles. The highest BCUT2D eigenvalue weighted by atomic mass is 32.1. The Labute approximate surface area is 175 Å². The van der Waals surface area contributed by atoms with Crippen molar-refractivity contribution in [1.29, 1.82) is 5.26 Å². The summed E-state index contributed by atoms with van der Waals surface area (Å²) >= 11 is 2.92. The first-order valence-corrected chi connectivity index (χ1v) is 10.5. The topological polar surface area (TPSA) is 72.2 Å². The number of carbonyl (C=O) groups excluding carboxylic acids is 1. The van der Waals surface area contributed by atoms with Gasteiger partial charge in [-0.1, -0.05) is 0 Å². The summed E-state index contributed by atoms with van der Waals surface area (Å²) in [6.07, 6.45) is 0. The van der Waals surface area contributed by atoms with Crippen molar-refractivity contribution in [2.24, 2.45) is 0 Å². The lowest BCUT2D eigenvalue weighted by atomic mass is 9.98. The zero-order chi connectivity index (χ0) is 20.4. The molecule has 0 fully saturated rings. The molecule has 0 saturated carbocycles. The Balaban J connectivity index is 1.65. The number of thiophene rings is 1. The van der Waals surface area contributed by atoms with Crippen LogP contribution in [0.2, 0.25) is 0 Å². The van der Waals surface area contributed by atoms with Gasteiger partial charge in [-0.05, 0) is 53.2 Å². The maximum atomic E-state index is 13.0. The van der Waals surface area contributed by atoms with E-state index in [2.05, 4.69) is 11.1 Å². The molecule has 2 aromatic heterocycles. The largest absolute Gasteiger partial charge is 0.493 e. The van der Waals surface area contributed by atoms with Crippen LogP contribution in [0.4, 0.5) is 0 Å². The maximum Gasteiger partial charge on any atom is 0.186 e. The second kappa shape index (κ2) is 8.03. The monoisotopic (exact) mass is 420 g/mol. The molecule has 0 saturated heterocycles. The molecule has 144 valence electrons. The molecule has 0 N–H and O–H groups in total. The zero-order valence-corrected chi connectivity index (χ0v) is 17.3. The van der Waals surface area contributed by atoms with Crippen LogP contribution < -0.4 is 9.47 Å². The molecule has 0 bridgehead atoms. The van der Waals surface area contributed by atoms with Gasteiger partial charge in [0.2, 0.25) is 0 Å². The number of ketones is 1. The van der Waals surface area contributed by atoms with Crippen LogP contribution >= 0.6 is 22.7 Å². The molecule has 0 amide bonds. The van der Waals surface area contributed by atoms with E-state index in [1.807, 2.05) is 41.1 Å². The normalized spacial score (nSPS) is 11.8. The molecule has 2 heterocycles. The van der Waals surface area contributed by atoms with Gasteiger partial charge in [-0.3, -0.25) is 4.79 Å². The standard InChI is InChI=1S/C22H16N2O3S2/c1-26-18-5-3-13(10-19(18)27-2)17-12-29-22(24-17)16(11-23)21(25)15-4-6-20-14(9-15)7-8-28-20/h3-10,12,16H,1-2H3. The van der Waals surface area contributed by atoms with E-state index in [-0.39, 0.29) is 5.78 Å². The van der Waals surface area contributed by atoms with Crippen molar-refractivity contribution in [3.05, 3.63) is 63.8 Å². The smallest absolute Gasteiger partial charge is 0.186 e. The third-order valence-corrected chi connectivity index (χ3v) is 6.38. The third kappa shape index (κ3) is 3.60. The molecule has 0 aliphatic carbocycles. The van der Waals surface area contributed by atoms with Gasteiger partial charge in [-0.2, -0.15) is 5.26 Å². The molecule has 4 rings (SSSR count). The van der Waals surface area contributed by atoms with Crippen molar-refractivity contribution in [1.82, 2.24) is 4.98 Å². The summed E-state index contributed by atoms with van der Waals surface area (Å²) in [5, 5.41) is 15.0. The van der Waals surface area contributed by atoms with Crippen molar-refractivity contribution in [2.45, 2.75) is 5.92 Å². The van der Waals surface area contributed by atoms with E-state index in [1.165, 1.54) is 11.3 Å². The molecule has 0 spiro atoms. The van der Waals surface area contributed by atoms with Crippen LogP contribution in [-0.2, 0) is 0 Å². The van der Waals surface area contributed by atoms with Gasteiger partial charge in [0, 0.05) is 21.2 Å². The zero-order valence-electron chi connectivity index (χ0n) is 15.7. The summed E-state index contributed by atoms with van der Waals surface area (Å²) in [7, 11) is 3.15. The molecule has 1 unspecified atom stereocenters. The first-order valence-electron chi connectivity index (χ1n) is 8.73. The van der Waals surface area contributed by atoms with E-state index in [4.69, 9.17) is 9.47 Å². The van der Waals surface area contributed by atoms with Crippen molar-refractivity contribution in [3.8, 4) is 28.8 Å². The minimum Gasteiger partial charge on any atom is -0.493 e. The van der Waals surface area contributed by atoms with Crippen LogP contribution in [0.1, 0.15) is 21.3 Å². The number of nitriles is 1. The lowest BCUT2D eigenvalue weighted by Gasteiger charge is -2.08. The highest BCUT2D eigenvalue weighted by Gasteiger charge is 2.25. The third-order valence-electron chi connectivity index (χ3n) is 4.58. The average molecular weight is 421 g/mol. The fourth-order valence-corrected chi connectivity index (χ4v) is 4.70. The summed E-state index contributed by atoms with van der Waals surface area (Å²) in [4.78, 5) is 17.5. The first kappa shape index (κ1) is 19.1. The second-order valence-electron chi connectivity index (χ2n) is 6.24. The fourth-order valence-electron chi connectivity index (χ4n) is 3.06. The lowest BCUT2D eigenvalue weighted by Crippen LogP contribution is -2.11. The molecule has 0 aliphatic rings. The molecule has 0 radical (unpaired) electrons. The Morgan fingerprint density at radius 3 is 2.66 bits per heavy atom. The van der Waals surface area contributed by atoms with Crippen molar-refractivity contribution < 1.29 is 14.3 Å². The highest BCUT2D eigenvalue weighted by molar-refractivity contribution is 7.17. The average Bonchev–Trinajstić information content (AvgIpc) is 3.43. The molecule has 5 nitrogen and oxygen atoms in total. The van der Waals surface area contributed by atoms with Crippen molar-refractivity contribution >= 4 is 38.5 Å². The Bertz CT molecular complexity index is 1240. The number of benzene rings is 2. The molecule has 4 aromatic rings. The van der Waals surface area contributed by atoms with Gasteiger partial charge in [0.1, 0.15) is 5.01 Å². The molecular weight excluding hydrogens is 404 g/mol. The first-order chi connectivity index (χ1) is 14.1. The van der Waals surface area contributed by atoms with E-state index in [0.29, 0.717) is 27.8 Å². The van der Waals surface area contributed by atoms with Gasteiger partial charge >= 0.3 is 0 Å². The minimum absolute atomic E-state index is 0.242.